The number of aromatic nitrogens is 1. The normalized spacial score (nSPS) is 23.5. The van der Waals surface area contributed by atoms with Gasteiger partial charge in [0.2, 0.25) is 22.3 Å². The van der Waals surface area contributed by atoms with Crippen molar-refractivity contribution in [3.63, 3.8) is 0 Å². The number of rotatable bonds is 11. The van der Waals surface area contributed by atoms with Gasteiger partial charge in [-0.2, -0.15) is 0 Å². The number of ketones is 1. The molecule has 260 valence electrons. The first-order valence-electron chi connectivity index (χ1n) is 14.0. The number of hydrogen-bond acceptors (Lipinski definition) is 15. The number of anilines is 1. The molecule has 0 saturated carbocycles. The second kappa shape index (κ2) is 12.7. The Morgan fingerprint density at radius 2 is 1.82 bits per heavy atom. The van der Waals surface area contributed by atoms with Crippen molar-refractivity contribution in [3.8, 4) is 11.5 Å². The highest BCUT2D eigenvalue weighted by molar-refractivity contribution is 8.02. The van der Waals surface area contributed by atoms with E-state index >= 15 is 0 Å². The van der Waals surface area contributed by atoms with Crippen LogP contribution in [0.25, 0.3) is 0 Å². The van der Waals surface area contributed by atoms with E-state index in [2.05, 4.69) is 20.8 Å². The molecule has 4 atom stereocenters. The van der Waals surface area contributed by atoms with Gasteiger partial charge >= 0.3 is 11.9 Å². The van der Waals surface area contributed by atoms with Gasteiger partial charge in [0, 0.05) is 11.9 Å². The minimum atomic E-state index is -2.04. The zero-order valence-corrected chi connectivity index (χ0v) is 27.6. The first kappa shape index (κ1) is 35.2. The Bertz CT molecular complexity index is 1850. The Balaban J connectivity index is 1.30. The molecule has 1 aromatic heterocycles. The van der Waals surface area contributed by atoms with Crippen molar-refractivity contribution in [2.45, 2.75) is 48.2 Å². The average molecular weight is 740 g/mol. The summed E-state index contributed by atoms with van der Waals surface area (Å²) < 4.78 is 0. The summed E-state index contributed by atoms with van der Waals surface area (Å²) in [7, 11) is 0. The summed E-state index contributed by atoms with van der Waals surface area (Å²) in [6.45, 7) is 1.70. The Kier molecular flexibility index (Phi) is 9.12. The third-order valence-corrected chi connectivity index (χ3v) is 10.6. The molecule has 22 heteroatoms. The summed E-state index contributed by atoms with van der Waals surface area (Å²) in [6.07, 6.45) is -0.107. The van der Waals surface area contributed by atoms with E-state index in [-0.39, 0.29) is 23.8 Å². The number of carbonyl (C=O) groups excluding carboxylic acids is 5. The fourth-order valence-electron chi connectivity index (χ4n) is 5.06. The number of fused-ring (bicyclic) bond motifs is 1. The van der Waals surface area contributed by atoms with Crippen LogP contribution >= 0.6 is 34.7 Å². The zero-order chi connectivity index (χ0) is 36.2. The summed E-state index contributed by atoms with van der Waals surface area (Å²) in [6, 6.07) is -0.700. The maximum absolute atomic E-state index is 13.4. The van der Waals surface area contributed by atoms with Gasteiger partial charge < -0.3 is 51.4 Å². The molecule has 2 aromatic rings. The number of nitrogen functional groups attached to an aromatic ring is 1. The van der Waals surface area contributed by atoms with Crippen molar-refractivity contribution in [1.29, 1.82) is 0 Å². The molecule has 3 fully saturated rings. The van der Waals surface area contributed by atoms with Crippen LogP contribution in [0.1, 0.15) is 36.3 Å². The third-order valence-electron chi connectivity index (χ3n) is 7.82. The van der Waals surface area contributed by atoms with E-state index in [1.165, 1.54) is 19.2 Å². The third kappa shape index (κ3) is 6.15. The predicted molar refractivity (Wildman–Crippen MR) is 169 cm³/mol. The number of halogens is 1. The number of aromatic hydroxyl groups is 2. The van der Waals surface area contributed by atoms with Gasteiger partial charge in [0.15, 0.2) is 22.3 Å². The Labute approximate surface area is 288 Å². The van der Waals surface area contributed by atoms with Crippen molar-refractivity contribution in [3.05, 3.63) is 33.8 Å². The number of carbonyl (C=O) groups is 7. The van der Waals surface area contributed by atoms with Crippen LogP contribution in [0.4, 0.5) is 5.13 Å². The molecule has 49 heavy (non-hydrogen) atoms. The lowest BCUT2D eigenvalue weighted by Crippen LogP contribution is -2.68. The number of thiazole rings is 1. The quantitative estimate of drug-likeness (QED) is 0.0369. The van der Waals surface area contributed by atoms with E-state index in [0.717, 1.165) is 33.3 Å². The lowest BCUT2D eigenvalue weighted by atomic mass is 10.1. The molecule has 0 aliphatic carbocycles. The molecule has 3 aliphatic rings. The van der Waals surface area contributed by atoms with Crippen molar-refractivity contribution in [2.24, 2.45) is 5.16 Å². The number of phenolic OH excluding ortho intramolecular Hbond substituents is 2. The van der Waals surface area contributed by atoms with Gasteiger partial charge in [0.25, 0.3) is 17.6 Å². The number of β-lactam (4-membered cyclic amide) rings is 1. The number of amides is 4. The first-order valence-corrected chi connectivity index (χ1v) is 16.1. The van der Waals surface area contributed by atoms with Gasteiger partial charge in [-0.05, 0) is 32.4 Å². The minimum Gasteiger partial charge on any atom is -0.504 e. The minimum absolute atomic E-state index is 0.0501. The number of Topliss-reactive ketones (excluding diaryl/α,β-unsaturated/α-hetero) is 1. The number of carboxylic acids is 2. The molecule has 0 radical (unpaired) electrons. The molecule has 1 aromatic carbocycles. The summed E-state index contributed by atoms with van der Waals surface area (Å²) in [5, 5.41) is 47.2. The van der Waals surface area contributed by atoms with Gasteiger partial charge in [-0.25, -0.2) is 14.6 Å². The molecule has 4 amide bonds. The van der Waals surface area contributed by atoms with Gasteiger partial charge in [-0.3, -0.25) is 24.0 Å². The number of oxime groups is 1. The van der Waals surface area contributed by atoms with Crippen LogP contribution in [0.5, 0.6) is 11.5 Å². The van der Waals surface area contributed by atoms with Crippen LogP contribution in [0.3, 0.4) is 0 Å². The fraction of sp³-hybridized carbons (Fsp3) is 0.370. The molecule has 8 N–H and O–H groups in total. The number of benzene rings is 1. The number of hydrogen-bond donors (Lipinski definition) is 7. The Morgan fingerprint density at radius 3 is 2.43 bits per heavy atom. The summed E-state index contributed by atoms with van der Waals surface area (Å²) >= 11 is 7.52. The molecule has 19 nitrogen and oxygen atoms in total. The number of carboxylic acid groups (broad SMARTS) is 2. The molecule has 3 aliphatic heterocycles. The van der Waals surface area contributed by atoms with E-state index < -0.39 is 104 Å². The molecule has 5 rings (SSSR count). The van der Waals surface area contributed by atoms with E-state index in [1.807, 2.05) is 0 Å². The maximum atomic E-state index is 13.4. The van der Waals surface area contributed by atoms with Crippen LogP contribution < -0.4 is 16.4 Å². The van der Waals surface area contributed by atoms with Crippen LogP contribution in [-0.2, 0) is 33.6 Å². The number of likely N-dealkylation sites (tertiary alicyclic amines) is 1. The number of phenols is 2. The van der Waals surface area contributed by atoms with Crippen molar-refractivity contribution in [1.82, 2.24) is 25.4 Å². The van der Waals surface area contributed by atoms with E-state index in [1.54, 1.807) is 0 Å². The molecule has 4 heterocycles. The topological polar surface area (TPSA) is 291 Å². The first-order chi connectivity index (χ1) is 22.9. The van der Waals surface area contributed by atoms with E-state index in [0.29, 0.717) is 11.8 Å². The zero-order valence-electron chi connectivity index (χ0n) is 25.2. The second-order valence-corrected chi connectivity index (χ2v) is 14.0. The maximum Gasteiger partial charge on any atom is 0.350 e. The monoisotopic (exact) mass is 739 g/mol. The lowest BCUT2D eigenvalue weighted by molar-refractivity contribution is -0.161. The smallest absolute Gasteiger partial charge is 0.350 e. The van der Waals surface area contributed by atoms with Crippen LogP contribution in [0.2, 0.25) is 5.02 Å². The molecule has 0 bridgehead atoms. The molecular formula is C27H26ClN7O12S2. The van der Waals surface area contributed by atoms with Crippen molar-refractivity contribution >= 4 is 86.9 Å². The summed E-state index contributed by atoms with van der Waals surface area (Å²) in [4.78, 5) is 98.6. The average Bonchev–Trinajstić information content (AvgIpc) is 3.74. The SMILES string of the molecule is CC(C)(O/N=C(\C(=O)N[C@@H]1C(=O)N2C[C@@](C(=O)O)(N3CC[C@@H](NC(=O)C(=O)c4ccc(O)c(O)c4Cl)C3=O)S[C@H]12)c1csc(N)n1)C(=O)O. The van der Waals surface area contributed by atoms with E-state index in [9.17, 15) is 54.0 Å². The molecule has 0 unspecified atom stereocenters. The number of nitrogens with two attached hydrogens (primary N) is 1. The standard InChI is InChI=1S/C27H26ClN7O12S2/c1-26(2,23(43)44)47-33-14(11-7-48-25(29)31-11)18(39)32-15-21(42)34-8-27(24(45)46,49-22(15)34)35-6-5-10(20(35)41)30-19(40)16(37)9-3-4-12(36)17(38)13(9)28/h3-4,7,10,15,22,36,38H,5-6,8H2,1-2H3,(H2,29,31)(H,30,40)(H,32,39)(H,43,44)(H,45,46)/b33-14-/t10-,15-,22-,27-/m1/s1. The molecule has 3 saturated heterocycles. The number of thioether (sulfide) groups is 1. The highest BCUT2D eigenvalue weighted by atomic mass is 35.5. The molecule has 0 spiro atoms. The fourth-order valence-corrected chi connectivity index (χ4v) is 7.51. The van der Waals surface area contributed by atoms with Gasteiger partial charge in [0.1, 0.15) is 23.2 Å². The van der Waals surface area contributed by atoms with Gasteiger partial charge in [-0.15, -0.1) is 11.3 Å². The largest absolute Gasteiger partial charge is 0.504 e. The Morgan fingerprint density at radius 1 is 1.12 bits per heavy atom. The highest BCUT2D eigenvalue weighted by Crippen LogP contribution is 2.50. The van der Waals surface area contributed by atoms with Crippen molar-refractivity contribution in [2.75, 3.05) is 18.8 Å². The van der Waals surface area contributed by atoms with Crippen LogP contribution in [0, 0.1) is 0 Å². The molecular weight excluding hydrogens is 714 g/mol. The van der Waals surface area contributed by atoms with Crippen LogP contribution in [0.15, 0.2) is 22.7 Å². The summed E-state index contributed by atoms with van der Waals surface area (Å²) in [5.74, 6) is -9.41. The van der Waals surface area contributed by atoms with E-state index in [4.69, 9.17) is 22.2 Å². The second-order valence-electron chi connectivity index (χ2n) is 11.4. The number of aliphatic carboxylic acids is 2. The Hall–Kier alpha value is -5.15. The van der Waals surface area contributed by atoms with Crippen LogP contribution in [-0.4, -0.2) is 123 Å². The van der Waals surface area contributed by atoms with Gasteiger partial charge in [-0.1, -0.05) is 28.5 Å². The van der Waals surface area contributed by atoms with Gasteiger partial charge in [0.05, 0.1) is 17.1 Å². The highest BCUT2D eigenvalue weighted by Gasteiger charge is 2.66. The predicted octanol–water partition coefficient (Wildman–Crippen LogP) is -0.845. The number of nitrogens with one attached hydrogen (secondary N) is 2. The van der Waals surface area contributed by atoms with Crippen molar-refractivity contribution < 1.29 is 58.8 Å². The lowest BCUT2D eigenvalue weighted by Gasteiger charge is -2.41. The number of nitrogens with zero attached hydrogens (tertiary/aromatic N) is 4. The summed E-state index contributed by atoms with van der Waals surface area (Å²) in [5.41, 5.74) is 2.78.